The molecule has 0 heterocycles. The first-order valence-corrected chi connectivity index (χ1v) is 10.5. The van der Waals surface area contributed by atoms with Gasteiger partial charge in [-0.2, -0.15) is 0 Å². The molecule has 1 unspecified atom stereocenters. The van der Waals surface area contributed by atoms with Crippen LogP contribution in [-0.2, 0) is 29.0 Å². The van der Waals surface area contributed by atoms with Gasteiger partial charge in [-0.15, -0.1) is 0 Å². The van der Waals surface area contributed by atoms with Gasteiger partial charge in [-0.25, -0.2) is 0 Å². The Labute approximate surface area is 176 Å². The maximum absolute atomic E-state index is 12.7. The van der Waals surface area contributed by atoms with Crippen molar-refractivity contribution < 1.29 is 9.53 Å². The fourth-order valence-corrected chi connectivity index (χ4v) is 4.86. The lowest BCUT2D eigenvalue weighted by atomic mass is 9.93. The fourth-order valence-electron chi connectivity index (χ4n) is 4.59. The van der Waals surface area contributed by atoms with E-state index in [9.17, 15) is 4.79 Å². The largest absolute Gasteiger partial charge is 0.461 e. The number of aryl methyl sites for hydroxylation is 1. The number of hydrogen-bond donors (Lipinski definition) is 0. The quantitative estimate of drug-likeness (QED) is 0.535. The first-order chi connectivity index (χ1) is 13.4. The molecule has 2 aromatic rings. The SMILES string of the molecule is CC1(C)C(C=C(Cl)Cl)[C@H]1C(=O)OCc1cccc2c1CCCc1ccccc1-2. The summed E-state index contributed by atoms with van der Waals surface area (Å²) < 4.78 is 5.95. The second-order valence-corrected chi connectivity index (χ2v) is 9.35. The van der Waals surface area contributed by atoms with Crippen LogP contribution in [0.2, 0.25) is 0 Å². The van der Waals surface area contributed by atoms with Crippen molar-refractivity contribution in [2.45, 2.75) is 39.7 Å². The third-order valence-corrected chi connectivity index (χ3v) is 6.55. The summed E-state index contributed by atoms with van der Waals surface area (Å²) in [7, 11) is 0. The second kappa shape index (κ2) is 7.57. The Balaban J connectivity index is 1.53. The smallest absolute Gasteiger partial charge is 0.310 e. The number of carbonyl (C=O) groups is 1. The van der Waals surface area contributed by atoms with Gasteiger partial charge in [0.05, 0.1) is 5.92 Å². The summed E-state index contributed by atoms with van der Waals surface area (Å²) >= 11 is 11.6. The van der Waals surface area contributed by atoms with Crippen LogP contribution in [0.15, 0.2) is 53.0 Å². The first kappa shape index (κ1) is 19.5. The van der Waals surface area contributed by atoms with Crippen LogP contribution >= 0.6 is 23.2 Å². The summed E-state index contributed by atoms with van der Waals surface area (Å²) in [5, 5.41) is 0. The number of carbonyl (C=O) groups excluding carboxylic acids is 1. The molecular weight excluding hydrogens is 391 g/mol. The van der Waals surface area contributed by atoms with E-state index in [-0.39, 0.29) is 27.7 Å². The highest BCUT2D eigenvalue weighted by Crippen LogP contribution is 2.60. The van der Waals surface area contributed by atoms with E-state index in [0.29, 0.717) is 6.61 Å². The van der Waals surface area contributed by atoms with E-state index in [1.165, 1.54) is 22.3 Å². The molecule has 0 spiro atoms. The van der Waals surface area contributed by atoms with Crippen molar-refractivity contribution in [3.63, 3.8) is 0 Å². The number of esters is 1. The van der Waals surface area contributed by atoms with Crippen LogP contribution in [0.1, 0.15) is 37.0 Å². The number of ether oxygens (including phenoxy) is 1. The molecule has 0 aromatic heterocycles. The number of halogens is 2. The molecule has 0 radical (unpaired) electrons. The predicted octanol–water partition coefficient (Wildman–Crippen LogP) is 6.48. The molecule has 1 saturated carbocycles. The molecule has 0 amide bonds. The van der Waals surface area contributed by atoms with E-state index in [1.807, 2.05) is 13.8 Å². The van der Waals surface area contributed by atoms with E-state index < -0.39 is 0 Å². The molecule has 2 aliphatic rings. The number of rotatable bonds is 4. The first-order valence-electron chi connectivity index (χ1n) is 9.78. The summed E-state index contributed by atoms with van der Waals surface area (Å²) in [6.45, 7) is 4.40. The Morgan fingerprint density at radius 3 is 2.64 bits per heavy atom. The molecule has 2 atom stereocenters. The predicted molar refractivity (Wildman–Crippen MR) is 114 cm³/mol. The van der Waals surface area contributed by atoms with Crippen LogP contribution in [-0.4, -0.2) is 5.97 Å². The molecule has 2 aliphatic carbocycles. The van der Waals surface area contributed by atoms with E-state index in [0.717, 1.165) is 24.8 Å². The third-order valence-electron chi connectivity index (χ3n) is 6.29. The van der Waals surface area contributed by atoms with Crippen molar-refractivity contribution in [3.8, 4) is 11.1 Å². The molecule has 0 N–H and O–H groups in total. The Hall–Kier alpha value is -1.77. The third kappa shape index (κ3) is 3.60. The standard InChI is InChI=1S/C24H24Cl2O2/c1-24(2)20(13-21(25)26)22(24)23(27)28-14-16-9-6-12-19-17-10-4-3-7-15(17)8-5-11-18(16)19/h3-4,6-7,9-10,12-13,20,22H,5,8,11,14H2,1-2H3/t20?,22-/m0/s1. The Morgan fingerprint density at radius 2 is 1.86 bits per heavy atom. The van der Waals surface area contributed by atoms with Crippen molar-refractivity contribution in [3.05, 3.63) is 69.7 Å². The van der Waals surface area contributed by atoms with Crippen molar-refractivity contribution >= 4 is 29.2 Å². The molecule has 4 heteroatoms. The van der Waals surface area contributed by atoms with Gasteiger partial charge in [-0.1, -0.05) is 79.5 Å². The number of benzene rings is 2. The van der Waals surface area contributed by atoms with Gasteiger partial charge in [-0.05, 0) is 64.5 Å². The second-order valence-electron chi connectivity index (χ2n) is 8.34. The van der Waals surface area contributed by atoms with Gasteiger partial charge in [0.25, 0.3) is 0 Å². The van der Waals surface area contributed by atoms with Gasteiger partial charge in [0, 0.05) is 0 Å². The Morgan fingerprint density at radius 1 is 1.11 bits per heavy atom. The number of fused-ring (bicyclic) bond motifs is 3. The molecule has 2 nitrogen and oxygen atoms in total. The van der Waals surface area contributed by atoms with Crippen LogP contribution in [0.5, 0.6) is 0 Å². The molecule has 0 bridgehead atoms. The highest BCUT2D eigenvalue weighted by atomic mass is 35.5. The van der Waals surface area contributed by atoms with Crippen LogP contribution in [0.25, 0.3) is 11.1 Å². The van der Waals surface area contributed by atoms with Gasteiger partial charge in [0.2, 0.25) is 0 Å². The molecule has 0 aliphatic heterocycles. The minimum atomic E-state index is -0.192. The summed E-state index contributed by atoms with van der Waals surface area (Å²) in [5.74, 6) is -0.333. The lowest BCUT2D eigenvalue weighted by Crippen LogP contribution is -2.11. The minimum Gasteiger partial charge on any atom is -0.461 e. The van der Waals surface area contributed by atoms with Crippen LogP contribution < -0.4 is 0 Å². The Kier molecular flexibility index (Phi) is 5.28. The number of allylic oxidation sites excluding steroid dienone is 1. The van der Waals surface area contributed by atoms with Gasteiger partial charge < -0.3 is 4.74 Å². The normalized spacial score (nSPS) is 21.7. The van der Waals surface area contributed by atoms with Crippen molar-refractivity contribution in [1.29, 1.82) is 0 Å². The molecule has 2 aromatic carbocycles. The topological polar surface area (TPSA) is 26.3 Å². The van der Waals surface area contributed by atoms with Crippen molar-refractivity contribution in [2.75, 3.05) is 0 Å². The summed E-state index contributed by atoms with van der Waals surface area (Å²) in [5.41, 5.74) is 6.19. The van der Waals surface area contributed by atoms with E-state index >= 15 is 0 Å². The zero-order valence-corrected chi connectivity index (χ0v) is 17.7. The highest BCUT2D eigenvalue weighted by Gasteiger charge is 2.61. The fraction of sp³-hybridized carbons (Fsp3) is 0.375. The van der Waals surface area contributed by atoms with Gasteiger partial charge in [0.15, 0.2) is 0 Å². The Bertz CT molecular complexity index is 941. The average Bonchev–Trinajstić information content (AvgIpc) is 3.26. The van der Waals surface area contributed by atoms with Gasteiger partial charge in [-0.3, -0.25) is 4.79 Å². The molecule has 0 saturated heterocycles. The molecule has 4 rings (SSSR count). The lowest BCUT2D eigenvalue weighted by molar-refractivity contribution is -0.147. The molecular formula is C24H24Cl2O2. The van der Waals surface area contributed by atoms with Gasteiger partial charge in [0.1, 0.15) is 11.1 Å². The highest BCUT2D eigenvalue weighted by molar-refractivity contribution is 6.55. The van der Waals surface area contributed by atoms with E-state index in [1.54, 1.807) is 6.08 Å². The lowest BCUT2D eigenvalue weighted by Gasteiger charge is -2.14. The monoisotopic (exact) mass is 414 g/mol. The molecule has 28 heavy (non-hydrogen) atoms. The summed E-state index contributed by atoms with van der Waals surface area (Å²) in [6, 6.07) is 14.9. The van der Waals surface area contributed by atoms with Gasteiger partial charge >= 0.3 is 5.97 Å². The molecule has 1 fully saturated rings. The van der Waals surface area contributed by atoms with Crippen molar-refractivity contribution in [1.82, 2.24) is 0 Å². The summed E-state index contributed by atoms with van der Waals surface area (Å²) in [6.07, 6.45) is 4.93. The zero-order valence-electron chi connectivity index (χ0n) is 16.2. The average molecular weight is 415 g/mol. The zero-order chi connectivity index (χ0) is 19.9. The van der Waals surface area contributed by atoms with E-state index in [2.05, 4.69) is 42.5 Å². The maximum atomic E-state index is 12.7. The van der Waals surface area contributed by atoms with E-state index in [4.69, 9.17) is 27.9 Å². The molecule has 146 valence electrons. The van der Waals surface area contributed by atoms with Crippen LogP contribution in [0.3, 0.4) is 0 Å². The van der Waals surface area contributed by atoms with Crippen molar-refractivity contribution in [2.24, 2.45) is 17.3 Å². The van der Waals surface area contributed by atoms with Crippen LogP contribution in [0, 0.1) is 17.3 Å². The maximum Gasteiger partial charge on any atom is 0.310 e. The number of hydrogen-bond acceptors (Lipinski definition) is 2. The van der Waals surface area contributed by atoms with Crippen LogP contribution in [0.4, 0.5) is 0 Å². The minimum absolute atomic E-state index is 0.0322. The summed E-state index contributed by atoms with van der Waals surface area (Å²) in [4.78, 5) is 12.7.